The van der Waals surface area contributed by atoms with E-state index in [1.165, 1.54) is 12.1 Å². The van der Waals surface area contributed by atoms with Gasteiger partial charge in [-0.2, -0.15) is 0 Å². The fraction of sp³-hybridized carbons (Fsp3) is 0.154. The van der Waals surface area contributed by atoms with Crippen LogP contribution in [0.3, 0.4) is 0 Å². The standard InChI is InChI=1S/C13H11ClFNOS/c14-11-4-1-5-12(15)10(11)7-13(17)16-8-9-3-2-6-18-9/h1-6H,7-8H2,(H,16,17). The predicted octanol–water partition coefficient (Wildman–Crippen LogP) is 3.40. The average molecular weight is 284 g/mol. The highest BCUT2D eigenvalue weighted by Crippen LogP contribution is 2.19. The minimum atomic E-state index is -0.450. The van der Waals surface area contributed by atoms with Gasteiger partial charge in [0.15, 0.2) is 0 Å². The van der Waals surface area contributed by atoms with Crippen LogP contribution in [-0.4, -0.2) is 5.91 Å². The van der Waals surface area contributed by atoms with Crippen LogP contribution >= 0.6 is 22.9 Å². The second kappa shape index (κ2) is 5.98. The van der Waals surface area contributed by atoms with Crippen molar-refractivity contribution in [2.75, 3.05) is 0 Å². The smallest absolute Gasteiger partial charge is 0.224 e. The molecule has 1 heterocycles. The Morgan fingerprint density at radius 3 is 2.83 bits per heavy atom. The van der Waals surface area contributed by atoms with Gasteiger partial charge in [-0.15, -0.1) is 11.3 Å². The van der Waals surface area contributed by atoms with Gasteiger partial charge in [-0.05, 0) is 23.6 Å². The largest absolute Gasteiger partial charge is 0.351 e. The maximum atomic E-state index is 13.5. The first-order chi connectivity index (χ1) is 8.66. The Bertz CT molecular complexity index is 522. The van der Waals surface area contributed by atoms with Gasteiger partial charge >= 0.3 is 0 Å². The molecule has 0 saturated carbocycles. The molecule has 1 amide bonds. The van der Waals surface area contributed by atoms with Gasteiger partial charge < -0.3 is 5.32 Å². The third-order valence-electron chi connectivity index (χ3n) is 2.44. The molecule has 1 aromatic heterocycles. The first kappa shape index (κ1) is 13.1. The number of nitrogens with one attached hydrogen (secondary N) is 1. The van der Waals surface area contributed by atoms with E-state index in [0.717, 1.165) is 4.88 Å². The molecule has 0 saturated heterocycles. The second-order valence-corrected chi connectivity index (χ2v) is 5.17. The van der Waals surface area contributed by atoms with Crippen LogP contribution in [0.15, 0.2) is 35.7 Å². The molecule has 0 spiro atoms. The van der Waals surface area contributed by atoms with Crippen LogP contribution in [0, 0.1) is 5.82 Å². The molecule has 0 atom stereocenters. The molecule has 2 rings (SSSR count). The van der Waals surface area contributed by atoms with Gasteiger partial charge in [0.1, 0.15) is 5.82 Å². The maximum absolute atomic E-state index is 13.5. The molecule has 1 N–H and O–H groups in total. The van der Waals surface area contributed by atoms with E-state index in [9.17, 15) is 9.18 Å². The second-order valence-electron chi connectivity index (χ2n) is 3.73. The zero-order valence-corrected chi connectivity index (χ0v) is 11.0. The lowest BCUT2D eigenvalue weighted by Gasteiger charge is -2.06. The molecule has 0 fully saturated rings. The number of thiophene rings is 1. The van der Waals surface area contributed by atoms with Crippen LogP contribution in [0.1, 0.15) is 10.4 Å². The zero-order chi connectivity index (χ0) is 13.0. The number of hydrogen-bond acceptors (Lipinski definition) is 2. The topological polar surface area (TPSA) is 29.1 Å². The third kappa shape index (κ3) is 3.31. The van der Waals surface area contributed by atoms with Gasteiger partial charge in [0.05, 0.1) is 13.0 Å². The summed E-state index contributed by atoms with van der Waals surface area (Å²) in [6.45, 7) is 0.461. The van der Waals surface area contributed by atoms with E-state index in [-0.39, 0.29) is 22.9 Å². The summed E-state index contributed by atoms with van der Waals surface area (Å²) < 4.78 is 13.5. The summed E-state index contributed by atoms with van der Waals surface area (Å²) in [7, 11) is 0. The van der Waals surface area contributed by atoms with Gasteiger partial charge in [-0.25, -0.2) is 4.39 Å². The van der Waals surface area contributed by atoms with Gasteiger partial charge in [0, 0.05) is 15.5 Å². The van der Waals surface area contributed by atoms with Crippen LogP contribution in [-0.2, 0) is 17.8 Å². The van der Waals surface area contributed by atoms with Crippen LogP contribution in [0.2, 0.25) is 5.02 Å². The predicted molar refractivity (Wildman–Crippen MR) is 71.3 cm³/mol. The fourth-order valence-corrected chi connectivity index (χ4v) is 2.40. The molecule has 0 aliphatic heterocycles. The van der Waals surface area contributed by atoms with Gasteiger partial charge in [0.25, 0.3) is 0 Å². The number of amides is 1. The lowest BCUT2D eigenvalue weighted by atomic mass is 10.1. The van der Waals surface area contributed by atoms with Crippen molar-refractivity contribution in [3.63, 3.8) is 0 Å². The third-order valence-corrected chi connectivity index (χ3v) is 3.67. The molecule has 0 aliphatic carbocycles. The van der Waals surface area contributed by atoms with Crippen molar-refractivity contribution < 1.29 is 9.18 Å². The molecule has 94 valence electrons. The van der Waals surface area contributed by atoms with Crippen molar-refractivity contribution in [3.05, 3.63) is 57.0 Å². The van der Waals surface area contributed by atoms with E-state index in [2.05, 4.69) is 5.32 Å². The Morgan fingerprint density at radius 1 is 1.33 bits per heavy atom. The maximum Gasteiger partial charge on any atom is 0.224 e. The van der Waals surface area contributed by atoms with E-state index >= 15 is 0 Å². The summed E-state index contributed by atoms with van der Waals surface area (Å²) in [4.78, 5) is 12.7. The Hall–Kier alpha value is -1.39. The summed E-state index contributed by atoms with van der Waals surface area (Å²) in [6, 6.07) is 8.24. The van der Waals surface area contributed by atoms with Crippen LogP contribution in [0.25, 0.3) is 0 Å². The van der Waals surface area contributed by atoms with Crippen LogP contribution < -0.4 is 5.32 Å². The first-order valence-electron chi connectivity index (χ1n) is 5.39. The quantitative estimate of drug-likeness (QED) is 0.915. The number of rotatable bonds is 4. The lowest BCUT2D eigenvalue weighted by molar-refractivity contribution is -0.120. The van der Waals surface area contributed by atoms with E-state index < -0.39 is 5.82 Å². The van der Waals surface area contributed by atoms with Crippen molar-refractivity contribution in [2.45, 2.75) is 13.0 Å². The molecule has 5 heteroatoms. The van der Waals surface area contributed by atoms with Crippen molar-refractivity contribution in [1.82, 2.24) is 5.32 Å². The molecule has 0 aliphatic rings. The summed E-state index contributed by atoms with van der Waals surface area (Å²) in [6.07, 6.45) is -0.0448. The van der Waals surface area contributed by atoms with Crippen molar-refractivity contribution >= 4 is 28.8 Å². The Labute approximate surface area is 113 Å². The number of benzene rings is 1. The SMILES string of the molecule is O=C(Cc1c(F)cccc1Cl)NCc1cccs1. The van der Waals surface area contributed by atoms with Crippen LogP contribution in [0.5, 0.6) is 0 Å². The van der Waals surface area contributed by atoms with Crippen molar-refractivity contribution in [3.8, 4) is 0 Å². The molecule has 0 radical (unpaired) electrons. The normalized spacial score (nSPS) is 10.3. The zero-order valence-electron chi connectivity index (χ0n) is 9.45. The molecule has 0 bridgehead atoms. The Kier molecular flexibility index (Phi) is 4.33. The number of carbonyl (C=O) groups excluding carboxylic acids is 1. The average Bonchev–Trinajstić information content (AvgIpc) is 2.84. The number of halogens is 2. The first-order valence-corrected chi connectivity index (χ1v) is 6.64. The monoisotopic (exact) mass is 283 g/mol. The minimum Gasteiger partial charge on any atom is -0.351 e. The highest BCUT2D eigenvalue weighted by molar-refractivity contribution is 7.09. The van der Waals surface area contributed by atoms with E-state index in [4.69, 9.17) is 11.6 Å². The molecule has 1 aromatic carbocycles. The highest BCUT2D eigenvalue weighted by atomic mass is 35.5. The Balaban J connectivity index is 1.95. The van der Waals surface area contributed by atoms with Gasteiger partial charge in [-0.1, -0.05) is 23.7 Å². The number of carbonyl (C=O) groups is 1. The summed E-state index contributed by atoms with van der Waals surface area (Å²) >= 11 is 7.42. The highest BCUT2D eigenvalue weighted by Gasteiger charge is 2.11. The van der Waals surface area contributed by atoms with E-state index in [1.54, 1.807) is 17.4 Å². The molecule has 2 nitrogen and oxygen atoms in total. The van der Waals surface area contributed by atoms with Crippen molar-refractivity contribution in [2.24, 2.45) is 0 Å². The molecule has 18 heavy (non-hydrogen) atoms. The molecular formula is C13H11ClFNOS. The van der Waals surface area contributed by atoms with Crippen molar-refractivity contribution in [1.29, 1.82) is 0 Å². The van der Waals surface area contributed by atoms with E-state index in [0.29, 0.717) is 6.54 Å². The lowest BCUT2D eigenvalue weighted by Crippen LogP contribution is -2.24. The van der Waals surface area contributed by atoms with E-state index in [1.807, 2.05) is 17.5 Å². The fourth-order valence-electron chi connectivity index (χ4n) is 1.52. The summed E-state index contributed by atoms with van der Waals surface area (Å²) in [5.74, 6) is -0.691. The summed E-state index contributed by atoms with van der Waals surface area (Å²) in [5.41, 5.74) is 0.239. The number of hydrogen-bond donors (Lipinski definition) is 1. The Morgan fingerprint density at radius 2 is 2.17 bits per heavy atom. The van der Waals surface area contributed by atoms with Gasteiger partial charge in [0.2, 0.25) is 5.91 Å². The minimum absolute atomic E-state index is 0.0448. The molecule has 2 aromatic rings. The molecular weight excluding hydrogens is 273 g/mol. The summed E-state index contributed by atoms with van der Waals surface area (Å²) in [5, 5.41) is 4.95. The van der Waals surface area contributed by atoms with Gasteiger partial charge in [-0.3, -0.25) is 4.79 Å². The molecule has 0 unspecified atom stereocenters. The van der Waals surface area contributed by atoms with Crippen LogP contribution in [0.4, 0.5) is 4.39 Å².